The van der Waals surface area contributed by atoms with Gasteiger partial charge in [-0.15, -0.1) is 6.58 Å². The molecule has 4 amide bonds. The minimum Gasteiger partial charge on any atom is -0.497 e. The molecule has 3 aromatic rings. The first-order valence-electron chi connectivity index (χ1n) is 20.4. The number of pyridine rings is 1. The largest absolute Gasteiger partial charge is 0.497 e. The number of carbonyl (C=O) groups excluding carboxylic acids is 4. The van der Waals surface area contributed by atoms with Crippen molar-refractivity contribution in [2.24, 2.45) is 17.3 Å². The molecule has 2 N–H and O–H groups in total. The molecule has 2 saturated carbocycles. The van der Waals surface area contributed by atoms with Gasteiger partial charge < -0.3 is 24.6 Å². The van der Waals surface area contributed by atoms with Crippen molar-refractivity contribution in [3.63, 3.8) is 0 Å². The van der Waals surface area contributed by atoms with Gasteiger partial charge in [0.05, 0.1) is 30.8 Å². The Morgan fingerprint density at radius 3 is 2.38 bits per heavy atom. The quantitative estimate of drug-likeness (QED) is 0.158. The molecule has 14 heteroatoms. The highest BCUT2D eigenvalue weighted by Gasteiger charge is 2.64. The van der Waals surface area contributed by atoms with Crippen LogP contribution in [0.3, 0.4) is 0 Å². The summed E-state index contributed by atoms with van der Waals surface area (Å²) in [6, 6.07) is 15.6. The first-order chi connectivity index (χ1) is 27.7. The molecule has 1 unspecified atom stereocenters. The number of rotatable bonds is 13. The van der Waals surface area contributed by atoms with Gasteiger partial charge in [0.15, 0.2) is 0 Å². The zero-order valence-electron chi connectivity index (χ0n) is 33.9. The molecule has 7 rings (SSSR count). The second kappa shape index (κ2) is 16.8. The van der Waals surface area contributed by atoms with Gasteiger partial charge >= 0.3 is 0 Å². The van der Waals surface area contributed by atoms with Gasteiger partial charge in [-0.1, -0.05) is 70.0 Å². The third-order valence-electron chi connectivity index (χ3n) is 12.1. The molecule has 1 aromatic heterocycles. The maximum absolute atomic E-state index is 15.0. The summed E-state index contributed by atoms with van der Waals surface area (Å²) < 4.78 is 35.8. The van der Waals surface area contributed by atoms with E-state index in [-0.39, 0.29) is 43.7 Å². The molecule has 2 aliphatic carbocycles. The fourth-order valence-electron chi connectivity index (χ4n) is 8.49. The summed E-state index contributed by atoms with van der Waals surface area (Å²) in [7, 11) is 1.59. The zero-order valence-corrected chi connectivity index (χ0v) is 34.7. The van der Waals surface area contributed by atoms with E-state index in [1.165, 1.54) is 4.90 Å². The Hall–Kier alpha value is -4.82. The maximum Gasteiger partial charge on any atom is 0.264 e. The number of hydrogen-bond donors (Lipinski definition) is 2. The Morgan fingerprint density at radius 2 is 1.78 bits per heavy atom. The van der Waals surface area contributed by atoms with Crippen LogP contribution in [0.15, 0.2) is 67.3 Å². The molecule has 4 fully saturated rings. The number of nitrogens with one attached hydrogen (secondary N) is 1. The lowest BCUT2D eigenvalue weighted by Gasteiger charge is -2.36. The van der Waals surface area contributed by atoms with E-state index in [1.807, 2.05) is 80.3 Å². The normalized spacial score (nSPS) is 24.3. The van der Waals surface area contributed by atoms with Gasteiger partial charge in [0, 0.05) is 61.0 Å². The molecule has 2 aliphatic heterocycles. The molecule has 2 aromatic carbocycles. The van der Waals surface area contributed by atoms with Gasteiger partial charge in [-0.05, 0) is 49.7 Å². The van der Waals surface area contributed by atoms with E-state index < -0.39 is 58.0 Å². The number of amides is 4. The molecule has 0 bridgehead atoms. The third-order valence-corrected chi connectivity index (χ3v) is 12.9. The number of carbonyl (C=O) groups is 4. The Morgan fingerprint density at radius 1 is 1.07 bits per heavy atom. The van der Waals surface area contributed by atoms with Crippen LogP contribution in [-0.4, -0.2) is 102 Å². The molecular weight excluding hydrogens is 759 g/mol. The minimum absolute atomic E-state index is 0.00438. The number of nitrogens with zero attached hydrogens (tertiary/aromatic N) is 4. The van der Waals surface area contributed by atoms with E-state index in [2.05, 4.69) is 11.9 Å². The van der Waals surface area contributed by atoms with Crippen molar-refractivity contribution in [1.82, 2.24) is 24.4 Å². The van der Waals surface area contributed by atoms with E-state index in [1.54, 1.807) is 13.2 Å². The monoisotopic (exact) mass is 813 g/mol. The average Bonchev–Trinajstić information content (AvgIpc) is 4.13. The smallest absolute Gasteiger partial charge is 0.264 e. The summed E-state index contributed by atoms with van der Waals surface area (Å²) in [5.41, 5.74) is 0.0790. The minimum atomic E-state index is -2.57. The standard InChI is InChI=1S/C44H55N5O8S/c1-6-29-26-44(29,42(53)49(58(54)55)30-16-17-30)46-40(51)37-23-32(27-48(37)41(52)34(43(2,3)4)24-39(50)47-20-12-7-8-13-21-47)57-38-25-35(28-14-10-9-11-15-28)45-36-22-31(56-5)18-19-33(36)38/h6,9-11,14-15,18-19,22,25,29-30,32,34,37H,1,7-8,12-13,16-17,20-21,23-24,26-27H2,2-5H3,(H,46,51)(H,54,55)/t29-,32-,34-,37+,44-/m1/s1. The summed E-state index contributed by atoms with van der Waals surface area (Å²) in [6.45, 7) is 11.0. The lowest BCUT2D eigenvalue weighted by Crippen LogP contribution is -2.57. The van der Waals surface area contributed by atoms with Crippen molar-refractivity contribution in [2.75, 3.05) is 26.7 Å². The zero-order chi connectivity index (χ0) is 41.4. The van der Waals surface area contributed by atoms with E-state index >= 15 is 0 Å². The summed E-state index contributed by atoms with van der Waals surface area (Å²) in [4.78, 5) is 65.7. The molecule has 310 valence electrons. The first-order valence-corrected chi connectivity index (χ1v) is 21.5. The highest BCUT2D eigenvalue weighted by molar-refractivity contribution is 7.77. The molecule has 0 spiro atoms. The second-order valence-corrected chi connectivity index (χ2v) is 18.1. The molecule has 2 saturated heterocycles. The topological polar surface area (TPSA) is 159 Å². The lowest BCUT2D eigenvalue weighted by atomic mass is 9.77. The van der Waals surface area contributed by atoms with Crippen molar-refractivity contribution >= 4 is 45.8 Å². The predicted octanol–water partition coefficient (Wildman–Crippen LogP) is 5.90. The number of likely N-dealkylation sites (tertiary alicyclic amines) is 2. The average molecular weight is 814 g/mol. The van der Waals surface area contributed by atoms with E-state index in [4.69, 9.17) is 14.5 Å². The molecule has 0 radical (unpaired) electrons. The summed E-state index contributed by atoms with van der Waals surface area (Å²) >= 11 is -2.57. The number of aromatic nitrogens is 1. The highest BCUT2D eigenvalue weighted by atomic mass is 32.2. The molecule has 4 aliphatic rings. The summed E-state index contributed by atoms with van der Waals surface area (Å²) in [5.74, 6) is -1.71. The Balaban J connectivity index is 1.22. The van der Waals surface area contributed by atoms with Crippen LogP contribution in [0.1, 0.15) is 78.6 Å². The third kappa shape index (κ3) is 8.63. The Kier molecular flexibility index (Phi) is 12.0. The Labute approximate surface area is 342 Å². The molecule has 58 heavy (non-hydrogen) atoms. The van der Waals surface area contributed by atoms with Gasteiger partial charge in [-0.25, -0.2) is 13.5 Å². The van der Waals surface area contributed by atoms with Crippen LogP contribution in [-0.2, 0) is 30.4 Å². The van der Waals surface area contributed by atoms with E-state index in [9.17, 15) is 27.9 Å². The van der Waals surface area contributed by atoms with Crippen LogP contribution < -0.4 is 14.8 Å². The van der Waals surface area contributed by atoms with Gasteiger partial charge in [0.25, 0.3) is 17.2 Å². The molecule has 6 atom stereocenters. The highest BCUT2D eigenvalue weighted by Crippen LogP contribution is 2.48. The number of methoxy groups -OCH3 is 1. The van der Waals surface area contributed by atoms with Gasteiger partial charge in [-0.3, -0.25) is 23.7 Å². The van der Waals surface area contributed by atoms with E-state index in [0.29, 0.717) is 48.6 Å². The first kappa shape index (κ1) is 41.3. The van der Waals surface area contributed by atoms with Gasteiger partial charge in [-0.2, -0.15) is 0 Å². The Bertz CT molecular complexity index is 2080. The van der Waals surface area contributed by atoms with Crippen LogP contribution in [0.25, 0.3) is 22.2 Å². The maximum atomic E-state index is 15.0. The second-order valence-electron chi connectivity index (χ2n) is 17.3. The number of ether oxygens (including phenoxy) is 2. The number of fused-ring (bicyclic) bond motifs is 1. The van der Waals surface area contributed by atoms with Crippen molar-refractivity contribution in [3.05, 3.63) is 67.3 Å². The fourth-order valence-corrected chi connectivity index (χ4v) is 9.26. The summed E-state index contributed by atoms with van der Waals surface area (Å²) in [6.07, 6.45) is 6.37. The lowest BCUT2D eigenvalue weighted by molar-refractivity contribution is -0.148. The van der Waals surface area contributed by atoms with Crippen molar-refractivity contribution in [3.8, 4) is 22.8 Å². The van der Waals surface area contributed by atoms with E-state index in [0.717, 1.165) is 40.9 Å². The molecule has 3 heterocycles. The van der Waals surface area contributed by atoms with Crippen LogP contribution >= 0.6 is 0 Å². The van der Waals surface area contributed by atoms with Crippen LogP contribution in [0.5, 0.6) is 11.5 Å². The van der Waals surface area contributed by atoms with Crippen LogP contribution in [0.4, 0.5) is 0 Å². The van der Waals surface area contributed by atoms with Gasteiger partial charge in [0.2, 0.25) is 17.7 Å². The van der Waals surface area contributed by atoms with Crippen molar-refractivity contribution in [2.45, 2.75) is 102 Å². The SMILES string of the molecule is C=C[C@@H]1C[C@]1(NC(=O)[C@@H]1C[C@@H](Oc2cc(-c3ccccc3)nc3cc(OC)ccc23)CN1C(=O)[C@@H](CC(=O)N1CCCCCC1)C(C)(C)C)C(=O)N(C1CC1)S(=O)O. The van der Waals surface area contributed by atoms with Crippen molar-refractivity contribution in [1.29, 1.82) is 0 Å². The van der Waals surface area contributed by atoms with Crippen LogP contribution in [0.2, 0.25) is 0 Å². The fraction of sp³-hybridized carbons (Fsp3) is 0.523. The van der Waals surface area contributed by atoms with Crippen molar-refractivity contribution < 1.29 is 37.4 Å². The molecule has 13 nitrogen and oxygen atoms in total. The number of benzene rings is 2. The van der Waals surface area contributed by atoms with Crippen LogP contribution in [0, 0.1) is 17.3 Å². The molecular formula is C44H55N5O8S. The van der Waals surface area contributed by atoms with Gasteiger partial charge in [0.1, 0.15) is 29.2 Å². The summed E-state index contributed by atoms with van der Waals surface area (Å²) in [5, 5.41) is 3.67. The number of hydrogen-bond acceptors (Lipinski definition) is 8. The predicted molar refractivity (Wildman–Crippen MR) is 221 cm³/mol.